The Morgan fingerprint density at radius 3 is 2.74 bits per heavy atom. The minimum absolute atomic E-state index is 0.0631. The fourth-order valence-corrected chi connectivity index (χ4v) is 1.41. The molecule has 0 N–H and O–H groups in total. The lowest BCUT2D eigenvalue weighted by atomic mass is 10.2. The van der Waals surface area contributed by atoms with Crippen LogP contribution in [0.5, 0.6) is 11.8 Å². The first-order valence-corrected chi connectivity index (χ1v) is 5.53. The van der Waals surface area contributed by atoms with Gasteiger partial charge in [0.15, 0.2) is 0 Å². The Kier molecular flexibility index (Phi) is 3.82. The Bertz CT molecular complexity index is 612. The molecule has 2 rings (SSSR count). The van der Waals surface area contributed by atoms with E-state index in [1.54, 1.807) is 42.7 Å². The molecule has 6 nitrogen and oxygen atoms in total. The van der Waals surface area contributed by atoms with E-state index in [9.17, 15) is 10.1 Å². The third-order valence-corrected chi connectivity index (χ3v) is 2.27. The van der Waals surface area contributed by atoms with Crippen molar-refractivity contribution in [3.63, 3.8) is 0 Å². The largest absolute Gasteiger partial charge is 0.424 e. The highest BCUT2D eigenvalue weighted by Gasteiger charge is 2.04. The molecule has 2 aromatic rings. The molecule has 0 radical (unpaired) electrons. The first kappa shape index (κ1) is 12.7. The van der Waals surface area contributed by atoms with E-state index in [4.69, 9.17) is 4.74 Å². The zero-order valence-electron chi connectivity index (χ0n) is 10.2. The number of aromatic nitrogens is 2. The molecule has 0 saturated heterocycles. The van der Waals surface area contributed by atoms with Crippen LogP contribution in [0.1, 0.15) is 12.5 Å². The van der Waals surface area contributed by atoms with E-state index in [0.29, 0.717) is 11.3 Å². The molecule has 19 heavy (non-hydrogen) atoms. The summed E-state index contributed by atoms with van der Waals surface area (Å²) in [7, 11) is 0. The molecule has 1 aromatic carbocycles. The number of allylic oxidation sites excluding steroid dienone is 1. The van der Waals surface area contributed by atoms with Crippen molar-refractivity contribution in [3.05, 3.63) is 64.1 Å². The molecule has 0 atom stereocenters. The number of nitro groups is 1. The van der Waals surface area contributed by atoms with Crippen LogP contribution in [0.15, 0.2) is 48.4 Å². The van der Waals surface area contributed by atoms with Crippen molar-refractivity contribution in [2.75, 3.05) is 0 Å². The standard InChI is InChI=1S/C13H11N3O3/c1-10(16(17)18)8-11-4-2-5-12(9-11)19-13-14-6-3-7-15-13/h2-9H,1H3. The highest BCUT2D eigenvalue weighted by atomic mass is 16.6. The molecule has 0 aliphatic carbocycles. The van der Waals surface area contributed by atoms with Gasteiger partial charge in [-0.25, -0.2) is 9.97 Å². The molecule has 96 valence electrons. The zero-order valence-corrected chi connectivity index (χ0v) is 10.2. The molecule has 0 spiro atoms. The van der Waals surface area contributed by atoms with E-state index in [-0.39, 0.29) is 11.7 Å². The lowest BCUT2D eigenvalue weighted by molar-refractivity contribution is -0.422. The van der Waals surface area contributed by atoms with Gasteiger partial charge in [0.1, 0.15) is 5.75 Å². The van der Waals surface area contributed by atoms with Crippen LogP contribution in [-0.4, -0.2) is 14.9 Å². The van der Waals surface area contributed by atoms with Crippen molar-refractivity contribution in [2.24, 2.45) is 0 Å². The summed E-state index contributed by atoms with van der Waals surface area (Å²) in [5.41, 5.74) is 0.746. The van der Waals surface area contributed by atoms with Crippen molar-refractivity contribution >= 4 is 6.08 Å². The van der Waals surface area contributed by atoms with Gasteiger partial charge in [-0.05, 0) is 23.8 Å². The third-order valence-electron chi connectivity index (χ3n) is 2.27. The smallest absolute Gasteiger partial charge is 0.321 e. The maximum absolute atomic E-state index is 10.6. The van der Waals surface area contributed by atoms with E-state index in [1.165, 1.54) is 13.0 Å². The van der Waals surface area contributed by atoms with E-state index >= 15 is 0 Å². The molecule has 1 aromatic heterocycles. The molecule has 0 fully saturated rings. The van der Waals surface area contributed by atoms with E-state index in [0.717, 1.165) is 0 Å². The van der Waals surface area contributed by atoms with Crippen molar-refractivity contribution < 1.29 is 9.66 Å². The first-order chi connectivity index (χ1) is 9.15. The van der Waals surface area contributed by atoms with Crippen molar-refractivity contribution in [3.8, 4) is 11.8 Å². The number of hydrogen-bond donors (Lipinski definition) is 0. The Balaban J connectivity index is 2.20. The SMILES string of the molecule is CC(=Cc1cccc(Oc2ncccn2)c1)[N+](=O)[O-]. The summed E-state index contributed by atoms with van der Waals surface area (Å²) in [6.45, 7) is 1.44. The molecule has 6 heteroatoms. The second-order valence-corrected chi connectivity index (χ2v) is 3.75. The van der Waals surface area contributed by atoms with Crippen molar-refractivity contribution in [1.82, 2.24) is 9.97 Å². The van der Waals surface area contributed by atoms with Crippen LogP contribution < -0.4 is 4.74 Å². The number of ether oxygens (including phenoxy) is 1. The van der Waals surface area contributed by atoms with Gasteiger partial charge in [0, 0.05) is 25.4 Å². The van der Waals surface area contributed by atoms with Gasteiger partial charge in [0.25, 0.3) is 0 Å². The highest BCUT2D eigenvalue weighted by Crippen LogP contribution is 2.20. The Labute approximate surface area is 109 Å². The summed E-state index contributed by atoms with van der Waals surface area (Å²) in [5.74, 6) is 0.524. The average molecular weight is 257 g/mol. The number of hydrogen-bond acceptors (Lipinski definition) is 5. The maximum Gasteiger partial charge on any atom is 0.321 e. The van der Waals surface area contributed by atoms with Crippen LogP contribution in [-0.2, 0) is 0 Å². The monoisotopic (exact) mass is 257 g/mol. The number of nitrogens with zero attached hydrogens (tertiary/aromatic N) is 3. The van der Waals surface area contributed by atoms with Gasteiger partial charge in [0.2, 0.25) is 5.70 Å². The zero-order chi connectivity index (χ0) is 13.7. The summed E-state index contributed by atoms with van der Waals surface area (Å²) >= 11 is 0. The number of rotatable bonds is 4. The molecule has 1 heterocycles. The fourth-order valence-electron chi connectivity index (χ4n) is 1.41. The quantitative estimate of drug-likeness (QED) is 0.621. The maximum atomic E-state index is 10.6. The van der Waals surface area contributed by atoms with Crippen LogP contribution >= 0.6 is 0 Å². The summed E-state index contributed by atoms with van der Waals surface area (Å²) in [4.78, 5) is 18.0. The van der Waals surface area contributed by atoms with E-state index < -0.39 is 4.92 Å². The second-order valence-electron chi connectivity index (χ2n) is 3.75. The van der Waals surface area contributed by atoms with Gasteiger partial charge in [-0.1, -0.05) is 12.1 Å². The lowest BCUT2D eigenvalue weighted by Gasteiger charge is -2.03. The Morgan fingerprint density at radius 2 is 2.05 bits per heavy atom. The van der Waals surface area contributed by atoms with E-state index in [2.05, 4.69) is 9.97 Å². The summed E-state index contributed by atoms with van der Waals surface area (Å²) in [6.07, 6.45) is 4.62. The molecule has 0 aliphatic heterocycles. The molecular formula is C13H11N3O3. The van der Waals surface area contributed by atoms with Gasteiger partial charge < -0.3 is 4.74 Å². The van der Waals surface area contributed by atoms with Crippen LogP contribution in [0, 0.1) is 10.1 Å². The second kappa shape index (κ2) is 5.72. The first-order valence-electron chi connectivity index (χ1n) is 5.53. The van der Waals surface area contributed by atoms with Crippen molar-refractivity contribution in [2.45, 2.75) is 6.92 Å². The van der Waals surface area contributed by atoms with Gasteiger partial charge in [-0.2, -0.15) is 0 Å². The van der Waals surface area contributed by atoms with E-state index in [1.807, 2.05) is 0 Å². The van der Waals surface area contributed by atoms with Crippen LogP contribution in [0.25, 0.3) is 6.08 Å². The van der Waals surface area contributed by atoms with Gasteiger partial charge in [0.05, 0.1) is 4.92 Å². The predicted octanol–water partition coefficient (Wildman–Crippen LogP) is 2.91. The molecular weight excluding hydrogens is 246 g/mol. The molecule has 0 saturated carbocycles. The topological polar surface area (TPSA) is 78.2 Å². The Morgan fingerprint density at radius 1 is 1.32 bits per heavy atom. The molecule has 0 bridgehead atoms. The third kappa shape index (κ3) is 3.60. The predicted molar refractivity (Wildman–Crippen MR) is 69.2 cm³/mol. The fraction of sp³-hybridized carbons (Fsp3) is 0.0769. The lowest BCUT2D eigenvalue weighted by Crippen LogP contribution is -1.93. The minimum Gasteiger partial charge on any atom is -0.424 e. The summed E-state index contributed by atoms with van der Waals surface area (Å²) in [5, 5.41) is 10.6. The minimum atomic E-state index is -0.437. The summed E-state index contributed by atoms with van der Waals surface area (Å²) in [6, 6.07) is 8.84. The molecule has 0 aliphatic rings. The van der Waals surface area contributed by atoms with Crippen molar-refractivity contribution in [1.29, 1.82) is 0 Å². The Hall–Kier alpha value is -2.76. The van der Waals surface area contributed by atoms with Crippen LogP contribution in [0.2, 0.25) is 0 Å². The van der Waals surface area contributed by atoms with Gasteiger partial charge in [-0.3, -0.25) is 10.1 Å². The highest BCUT2D eigenvalue weighted by molar-refractivity contribution is 5.53. The van der Waals surface area contributed by atoms with Gasteiger partial charge in [-0.15, -0.1) is 0 Å². The number of benzene rings is 1. The van der Waals surface area contributed by atoms with Crippen LogP contribution in [0.4, 0.5) is 0 Å². The van der Waals surface area contributed by atoms with Crippen LogP contribution in [0.3, 0.4) is 0 Å². The molecule has 0 unspecified atom stereocenters. The normalized spacial score (nSPS) is 11.1. The average Bonchev–Trinajstić information content (AvgIpc) is 2.40. The van der Waals surface area contributed by atoms with Gasteiger partial charge >= 0.3 is 6.01 Å². The molecule has 0 amide bonds. The summed E-state index contributed by atoms with van der Waals surface area (Å²) < 4.78 is 5.44.